The molecule has 1 atom stereocenters. The average Bonchev–Trinajstić information content (AvgIpc) is 2.79. The van der Waals surface area contributed by atoms with Crippen LogP contribution in [0, 0.1) is 6.92 Å². The fourth-order valence-corrected chi connectivity index (χ4v) is 2.85. The van der Waals surface area contributed by atoms with Crippen LogP contribution < -0.4 is 5.32 Å². The van der Waals surface area contributed by atoms with E-state index in [1.54, 1.807) is 21.9 Å². The van der Waals surface area contributed by atoms with Crippen molar-refractivity contribution >= 4 is 11.9 Å². The molecular formula is C14H17N3O3. The Morgan fingerprint density at radius 2 is 2.20 bits per heavy atom. The van der Waals surface area contributed by atoms with Crippen LogP contribution in [0.25, 0.3) is 0 Å². The lowest BCUT2D eigenvalue weighted by Gasteiger charge is -2.36. The van der Waals surface area contributed by atoms with E-state index >= 15 is 0 Å². The zero-order valence-corrected chi connectivity index (χ0v) is 11.3. The lowest BCUT2D eigenvalue weighted by molar-refractivity contribution is 0.0616. The number of hydrogen-bond donors (Lipinski definition) is 2. The molecule has 0 saturated carbocycles. The maximum atomic E-state index is 12.5. The SMILES string of the molecule is Cc1cc(O)ccc1C(=O)N1CCN2C(=O)NCC2C1. The van der Waals surface area contributed by atoms with Gasteiger partial charge in [0.25, 0.3) is 5.91 Å². The summed E-state index contributed by atoms with van der Waals surface area (Å²) in [6, 6.07) is 4.79. The number of fused-ring (bicyclic) bond motifs is 1. The zero-order chi connectivity index (χ0) is 14.3. The molecule has 6 heteroatoms. The first-order valence-electron chi connectivity index (χ1n) is 6.69. The van der Waals surface area contributed by atoms with E-state index in [4.69, 9.17) is 0 Å². The summed E-state index contributed by atoms with van der Waals surface area (Å²) >= 11 is 0. The van der Waals surface area contributed by atoms with Crippen molar-refractivity contribution in [2.24, 2.45) is 0 Å². The first kappa shape index (κ1) is 12.8. The van der Waals surface area contributed by atoms with Crippen molar-refractivity contribution in [3.05, 3.63) is 29.3 Å². The fraction of sp³-hybridized carbons (Fsp3) is 0.429. The number of urea groups is 1. The molecular weight excluding hydrogens is 258 g/mol. The van der Waals surface area contributed by atoms with Crippen molar-refractivity contribution in [2.45, 2.75) is 13.0 Å². The molecule has 2 N–H and O–H groups in total. The van der Waals surface area contributed by atoms with Crippen molar-refractivity contribution in [3.8, 4) is 5.75 Å². The number of hydrogen-bond acceptors (Lipinski definition) is 3. The van der Waals surface area contributed by atoms with Gasteiger partial charge in [-0.1, -0.05) is 0 Å². The molecule has 2 aliphatic heterocycles. The molecule has 1 aromatic rings. The molecule has 20 heavy (non-hydrogen) atoms. The second kappa shape index (κ2) is 4.70. The predicted molar refractivity (Wildman–Crippen MR) is 72.6 cm³/mol. The summed E-state index contributed by atoms with van der Waals surface area (Å²) in [7, 11) is 0. The van der Waals surface area contributed by atoms with Crippen LogP contribution in [0.1, 0.15) is 15.9 Å². The highest BCUT2D eigenvalue weighted by molar-refractivity contribution is 5.96. The minimum absolute atomic E-state index is 0.0390. The van der Waals surface area contributed by atoms with Gasteiger partial charge in [0.1, 0.15) is 5.75 Å². The number of phenolic OH excluding ortho intramolecular Hbond substituents is 1. The quantitative estimate of drug-likeness (QED) is 0.786. The predicted octanol–water partition coefficient (Wildman–Crippen LogP) is 0.550. The average molecular weight is 275 g/mol. The van der Waals surface area contributed by atoms with Crippen molar-refractivity contribution < 1.29 is 14.7 Å². The van der Waals surface area contributed by atoms with E-state index in [9.17, 15) is 14.7 Å². The lowest BCUT2D eigenvalue weighted by Crippen LogP contribution is -2.53. The summed E-state index contributed by atoms with van der Waals surface area (Å²) in [5, 5.41) is 12.2. The third kappa shape index (κ3) is 2.07. The van der Waals surface area contributed by atoms with Crippen LogP contribution in [0.2, 0.25) is 0 Å². The van der Waals surface area contributed by atoms with Gasteiger partial charge in [-0.15, -0.1) is 0 Å². The Kier molecular flexibility index (Phi) is 3.00. The molecule has 6 nitrogen and oxygen atoms in total. The zero-order valence-electron chi connectivity index (χ0n) is 11.3. The van der Waals surface area contributed by atoms with Gasteiger partial charge >= 0.3 is 6.03 Å². The monoisotopic (exact) mass is 275 g/mol. The van der Waals surface area contributed by atoms with Crippen molar-refractivity contribution in [1.82, 2.24) is 15.1 Å². The number of carbonyl (C=O) groups is 2. The molecule has 2 fully saturated rings. The van der Waals surface area contributed by atoms with Gasteiger partial charge in [0, 0.05) is 31.7 Å². The smallest absolute Gasteiger partial charge is 0.317 e. The van der Waals surface area contributed by atoms with E-state index in [0.29, 0.717) is 31.7 Å². The van der Waals surface area contributed by atoms with Crippen molar-refractivity contribution in [2.75, 3.05) is 26.2 Å². The summed E-state index contributed by atoms with van der Waals surface area (Å²) in [5.74, 6) is 0.121. The Hall–Kier alpha value is -2.24. The van der Waals surface area contributed by atoms with Gasteiger partial charge < -0.3 is 20.2 Å². The summed E-state index contributed by atoms with van der Waals surface area (Å²) in [6.45, 7) is 4.07. The normalized spacial score (nSPS) is 21.6. The van der Waals surface area contributed by atoms with Crippen LogP contribution in [-0.2, 0) is 0 Å². The highest BCUT2D eigenvalue weighted by Gasteiger charge is 2.37. The Labute approximate surface area is 117 Å². The molecule has 0 aromatic heterocycles. The van der Waals surface area contributed by atoms with E-state index < -0.39 is 0 Å². The lowest BCUT2D eigenvalue weighted by atomic mass is 10.1. The number of phenols is 1. The van der Waals surface area contributed by atoms with Gasteiger partial charge in [-0.05, 0) is 30.7 Å². The minimum atomic E-state index is -0.0403. The van der Waals surface area contributed by atoms with E-state index in [1.807, 2.05) is 6.92 Å². The summed E-state index contributed by atoms with van der Waals surface area (Å²) in [5.41, 5.74) is 1.37. The number of benzene rings is 1. The Morgan fingerprint density at radius 1 is 1.40 bits per heavy atom. The van der Waals surface area contributed by atoms with Crippen LogP contribution in [-0.4, -0.2) is 59.1 Å². The van der Waals surface area contributed by atoms with Crippen molar-refractivity contribution in [3.63, 3.8) is 0 Å². The van der Waals surface area contributed by atoms with E-state index in [0.717, 1.165) is 5.56 Å². The third-order valence-electron chi connectivity index (χ3n) is 3.96. The number of piperazine rings is 1. The number of aryl methyl sites for hydroxylation is 1. The van der Waals surface area contributed by atoms with Crippen LogP contribution in [0.3, 0.4) is 0 Å². The van der Waals surface area contributed by atoms with Crippen LogP contribution >= 0.6 is 0 Å². The van der Waals surface area contributed by atoms with Gasteiger partial charge in [-0.2, -0.15) is 0 Å². The summed E-state index contributed by atoms with van der Waals surface area (Å²) in [4.78, 5) is 27.6. The minimum Gasteiger partial charge on any atom is -0.508 e. The van der Waals surface area contributed by atoms with Crippen LogP contribution in [0.5, 0.6) is 5.75 Å². The molecule has 0 bridgehead atoms. The topological polar surface area (TPSA) is 72.9 Å². The maximum absolute atomic E-state index is 12.5. The highest BCUT2D eigenvalue weighted by atomic mass is 16.3. The molecule has 0 spiro atoms. The molecule has 1 aromatic carbocycles. The Morgan fingerprint density at radius 3 is 2.95 bits per heavy atom. The van der Waals surface area contributed by atoms with E-state index in [1.165, 1.54) is 6.07 Å². The number of nitrogens with zero attached hydrogens (tertiary/aromatic N) is 2. The molecule has 2 aliphatic rings. The molecule has 0 radical (unpaired) electrons. The second-order valence-electron chi connectivity index (χ2n) is 5.28. The van der Waals surface area contributed by atoms with E-state index in [-0.39, 0.29) is 23.7 Å². The molecule has 1 unspecified atom stereocenters. The van der Waals surface area contributed by atoms with Gasteiger partial charge in [-0.3, -0.25) is 4.79 Å². The van der Waals surface area contributed by atoms with Gasteiger partial charge in [-0.25, -0.2) is 4.79 Å². The second-order valence-corrected chi connectivity index (χ2v) is 5.28. The maximum Gasteiger partial charge on any atom is 0.317 e. The molecule has 2 saturated heterocycles. The highest BCUT2D eigenvalue weighted by Crippen LogP contribution is 2.20. The molecule has 3 rings (SSSR count). The van der Waals surface area contributed by atoms with Gasteiger partial charge in [0.05, 0.1) is 6.04 Å². The number of carbonyl (C=O) groups excluding carboxylic acids is 2. The first-order valence-corrected chi connectivity index (χ1v) is 6.69. The van der Waals surface area contributed by atoms with Gasteiger partial charge in [0.2, 0.25) is 0 Å². The van der Waals surface area contributed by atoms with Crippen LogP contribution in [0.15, 0.2) is 18.2 Å². The first-order chi connectivity index (χ1) is 9.56. The Balaban J connectivity index is 1.77. The molecule has 3 amide bonds. The number of amides is 3. The number of rotatable bonds is 1. The molecule has 0 aliphatic carbocycles. The van der Waals surface area contributed by atoms with Crippen LogP contribution in [0.4, 0.5) is 4.79 Å². The number of nitrogens with one attached hydrogen (secondary N) is 1. The molecule has 2 heterocycles. The standard InChI is InChI=1S/C14H17N3O3/c1-9-6-11(18)2-3-12(9)13(19)16-4-5-17-10(8-16)7-15-14(17)20/h2-3,6,10,18H,4-5,7-8H2,1H3,(H,15,20). The molecule has 106 valence electrons. The summed E-state index contributed by atoms with van der Waals surface area (Å²) in [6.07, 6.45) is 0. The van der Waals surface area contributed by atoms with Gasteiger partial charge in [0.15, 0.2) is 0 Å². The third-order valence-corrected chi connectivity index (χ3v) is 3.96. The Bertz CT molecular complexity index is 573. The van der Waals surface area contributed by atoms with Crippen molar-refractivity contribution in [1.29, 1.82) is 0 Å². The number of aromatic hydroxyl groups is 1. The van der Waals surface area contributed by atoms with E-state index in [2.05, 4.69) is 5.32 Å². The summed E-state index contributed by atoms with van der Waals surface area (Å²) < 4.78 is 0. The fourth-order valence-electron chi connectivity index (χ4n) is 2.85. The largest absolute Gasteiger partial charge is 0.508 e.